The Morgan fingerprint density at radius 3 is 2.50 bits per heavy atom. The normalized spacial score (nSPS) is 11.6. The molecule has 1 aromatic heterocycles. The van der Waals surface area contributed by atoms with E-state index in [1.54, 1.807) is 0 Å². The Labute approximate surface area is 89.0 Å². The molecule has 90 valence electrons. The number of hydrogen-bond acceptors (Lipinski definition) is 4. The molecule has 0 atom stereocenters. The van der Waals surface area contributed by atoms with Crippen LogP contribution in [0.2, 0.25) is 0 Å². The van der Waals surface area contributed by atoms with Crippen LogP contribution in [0.1, 0.15) is 16.2 Å². The van der Waals surface area contributed by atoms with Crippen LogP contribution in [0.4, 0.5) is 18.9 Å². The van der Waals surface area contributed by atoms with Crippen LogP contribution < -0.4 is 5.73 Å². The summed E-state index contributed by atoms with van der Waals surface area (Å²) in [6, 6.07) is 0. The van der Waals surface area contributed by atoms with Crippen LogP contribution in [0.5, 0.6) is 0 Å². The SMILES string of the molecule is Cc1nn(C)c(C(=O)OCC(F)(F)F)c1N. The Kier molecular flexibility index (Phi) is 3.11. The number of carbonyl (C=O) groups excluding carboxylic acids is 1. The molecule has 0 aliphatic rings. The molecule has 2 N–H and O–H groups in total. The van der Waals surface area contributed by atoms with E-state index in [1.807, 2.05) is 0 Å². The molecule has 5 nitrogen and oxygen atoms in total. The number of rotatable bonds is 2. The molecule has 0 unspecified atom stereocenters. The maximum absolute atomic E-state index is 11.8. The summed E-state index contributed by atoms with van der Waals surface area (Å²) in [5, 5.41) is 3.79. The van der Waals surface area contributed by atoms with E-state index in [0.29, 0.717) is 5.69 Å². The Balaban J connectivity index is 2.81. The second-order valence-corrected chi connectivity index (χ2v) is 3.16. The van der Waals surface area contributed by atoms with Crippen molar-refractivity contribution in [3.63, 3.8) is 0 Å². The lowest BCUT2D eigenvalue weighted by Gasteiger charge is -2.08. The lowest BCUT2D eigenvalue weighted by molar-refractivity contribution is -0.161. The second kappa shape index (κ2) is 4.03. The predicted molar refractivity (Wildman–Crippen MR) is 48.7 cm³/mol. The minimum Gasteiger partial charge on any atom is -0.451 e. The van der Waals surface area contributed by atoms with Gasteiger partial charge in [-0.05, 0) is 6.92 Å². The van der Waals surface area contributed by atoms with Gasteiger partial charge in [0, 0.05) is 7.05 Å². The van der Waals surface area contributed by atoms with E-state index in [0.717, 1.165) is 4.68 Å². The van der Waals surface area contributed by atoms with E-state index in [4.69, 9.17) is 5.73 Å². The molecule has 0 aliphatic carbocycles. The highest BCUT2D eigenvalue weighted by Crippen LogP contribution is 2.19. The average Bonchev–Trinajstić information content (AvgIpc) is 2.36. The van der Waals surface area contributed by atoms with Gasteiger partial charge in [0.25, 0.3) is 0 Å². The largest absolute Gasteiger partial charge is 0.451 e. The topological polar surface area (TPSA) is 70.1 Å². The first-order valence-electron chi connectivity index (χ1n) is 4.25. The van der Waals surface area contributed by atoms with E-state index in [9.17, 15) is 18.0 Å². The van der Waals surface area contributed by atoms with Crippen LogP contribution in [-0.2, 0) is 11.8 Å². The number of nitrogens with zero attached hydrogens (tertiary/aromatic N) is 2. The standard InChI is InChI=1S/C8H10F3N3O2/c1-4-5(12)6(14(2)13-4)7(15)16-3-8(9,10)11/h3,12H2,1-2H3. The van der Waals surface area contributed by atoms with Gasteiger partial charge in [-0.25, -0.2) is 4.79 Å². The molecule has 1 heterocycles. The van der Waals surface area contributed by atoms with E-state index in [-0.39, 0.29) is 11.4 Å². The molecule has 1 aromatic rings. The number of halogens is 3. The third-order valence-electron chi connectivity index (χ3n) is 1.83. The first kappa shape index (κ1) is 12.3. The first-order chi connectivity index (χ1) is 7.22. The molecular weight excluding hydrogens is 227 g/mol. The van der Waals surface area contributed by atoms with Crippen molar-refractivity contribution < 1.29 is 22.7 Å². The molecule has 0 spiro atoms. The maximum Gasteiger partial charge on any atom is 0.422 e. The molecule has 0 amide bonds. The number of nitrogen functional groups attached to an aromatic ring is 1. The summed E-state index contributed by atoms with van der Waals surface area (Å²) in [4.78, 5) is 11.3. The third kappa shape index (κ3) is 2.65. The lowest BCUT2D eigenvalue weighted by Crippen LogP contribution is -2.22. The van der Waals surface area contributed by atoms with Gasteiger partial charge in [-0.1, -0.05) is 0 Å². The van der Waals surface area contributed by atoms with Crippen molar-refractivity contribution in [2.75, 3.05) is 12.3 Å². The highest BCUT2D eigenvalue weighted by molar-refractivity contribution is 5.93. The number of nitrogens with two attached hydrogens (primary N) is 1. The summed E-state index contributed by atoms with van der Waals surface area (Å²) in [5.74, 6) is -1.14. The minimum atomic E-state index is -4.56. The van der Waals surface area contributed by atoms with Gasteiger partial charge in [-0.3, -0.25) is 4.68 Å². The molecule has 1 rings (SSSR count). The second-order valence-electron chi connectivity index (χ2n) is 3.16. The monoisotopic (exact) mass is 237 g/mol. The summed E-state index contributed by atoms with van der Waals surface area (Å²) in [6.07, 6.45) is -4.56. The van der Waals surface area contributed by atoms with E-state index < -0.39 is 18.8 Å². The number of ether oxygens (including phenoxy) is 1. The molecular formula is C8H10F3N3O2. The van der Waals surface area contributed by atoms with Gasteiger partial charge in [0.05, 0.1) is 11.4 Å². The van der Waals surface area contributed by atoms with Crippen LogP contribution in [0.25, 0.3) is 0 Å². The number of anilines is 1. The molecule has 0 saturated heterocycles. The molecule has 0 saturated carbocycles. The van der Waals surface area contributed by atoms with Gasteiger partial charge in [-0.2, -0.15) is 18.3 Å². The number of esters is 1. The zero-order chi connectivity index (χ0) is 12.5. The van der Waals surface area contributed by atoms with Crippen LogP contribution in [0.15, 0.2) is 0 Å². The number of aryl methyl sites for hydroxylation is 2. The highest BCUT2D eigenvalue weighted by atomic mass is 19.4. The van der Waals surface area contributed by atoms with Crippen molar-refractivity contribution in [1.29, 1.82) is 0 Å². The maximum atomic E-state index is 11.8. The number of alkyl halides is 3. The fourth-order valence-corrected chi connectivity index (χ4v) is 1.13. The van der Waals surface area contributed by atoms with Gasteiger partial charge in [0.15, 0.2) is 12.3 Å². The van der Waals surface area contributed by atoms with Crippen LogP contribution in [0, 0.1) is 6.92 Å². The van der Waals surface area contributed by atoms with Crippen molar-refractivity contribution in [2.45, 2.75) is 13.1 Å². The Bertz CT molecular complexity index is 411. The summed E-state index contributed by atoms with van der Waals surface area (Å²) < 4.78 is 40.6. The summed E-state index contributed by atoms with van der Waals surface area (Å²) >= 11 is 0. The molecule has 16 heavy (non-hydrogen) atoms. The Morgan fingerprint density at radius 2 is 2.12 bits per heavy atom. The zero-order valence-electron chi connectivity index (χ0n) is 8.63. The van der Waals surface area contributed by atoms with Crippen molar-refractivity contribution in [1.82, 2.24) is 9.78 Å². The molecule has 0 bridgehead atoms. The van der Waals surface area contributed by atoms with Crippen LogP contribution >= 0.6 is 0 Å². The van der Waals surface area contributed by atoms with Crippen molar-refractivity contribution in [3.05, 3.63) is 11.4 Å². The van der Waals surface area contributed by atoms with Gasteiger partial charge in [0.1, 0.15) is 0 Å². The van der Waals surface area contributed by atoms with E-state index in [2.05, 4.69) is 9.84 Å². The third-order valence-corrected chi connectivity index (χ3v) is 1.83. The molecule has 8 heteroatoms. The number of hydrogen-bond donors (Lipinski definition) is 1. The van der Waals surface area contributed by atoms with Gasteiger partial charge in [0.2, 0.25) is 0 Å². The fraction of sp³-hybridized carbons (Fsp3) is 0.500. The van der Waals surface area contributed by atoms with Gasteiger partial charge in [-0.15, -0.1) is 0 Å². The van der Waals surface area contributed by atoms with Crippen molar-refractivity contribution >= 4 is 11.7 Å². The molecule has 0 aromatic carbocycles. The number of aromatic nitrogens is 2. The summed E-state index contributed by atoms with van der Waals surface area (Å²) in [5.41, 5.74) is 5.68. The lowest BCUT2D eigenvalue weighted by atomic mass is 10.3. The van der Waals surface area contributed by atoms with Crippen molar-refractivity contribution in [2.24, 2.45) is 7.05 Å². The molecule has 0 radical (unpaired) electrons. The highest BCUT2D eigenvalue weighted by Gasteiger charge is 2.31. The fourth-order valence-electron chi connectivity index (χ4n) is 1.13. The summed E-state index contributed by atoms with van der Waals surface area (Å²) in [6.45, 7) is -0.106. The first-order valence-corrected chi connectivity index (χ1v) is 4.25. The van der Waals surface area contributed by atoms with Crippen molar-refractivity contribution in [3.8, 4) is 0 Å². The van der Waals surface area contributed by atoms with Gasteiger partial charge >= 0.3 is 12.1 Å². The summed E-state index contributed by atoms with van der Waals surface area (Å²) in [7, 11) is 1.40. The molecule has 0 aliphatic heterocycles. The van der Waals surface area contributed by atoms with E-state index >= 15 is 0 Å². The van der Waals surface area contributed by atoms with Gasteiger partial charge < -0.3 is 10.5 Å². The molecule has 0 fully saturated rings. The Morgan fingerprint density at radius 1 is 1.56 bits per heavy atom. The number of carbonyl (C=O) groups is 1. The Hall–Kier alpha value is -1.73. The predicted octanol–water partition coefficient (Wildman–Crippen LogP) is 1.03. The van der Waals surface area contributed by atoms with Crippen LogP contribution in [-0.4, -0.2) is 28.5 Å². The van der Waals surface area contributed by atoms with E-state index in [1.165, 1.54) is 14.0 Å². The zero-order valence-corrected chi connectivity index (χ0v) is 8.63. The minimum absolute atomic E-state index is 0.0228. The average molecular weight is 237 g/mol. The quantitative estimate of drug-likeness (QED) is 0.780. The smallest absolute Gasteiger partial charge is 0.422 e. The van der Waals surface area contributed by atoms with Crippen LogP contribution in [0.3, 0.4) is 0 Å².